The molecule has 0 bridgehead atoms. The lowest BCUT2D eigenvalue weighted by Gasteiger charge is -1.89. The van der Waals surface area contributed by atoms with E-state index in [-0.39, 0.29) is 5.38 Å². The Morgan fingerprint density at radius 2 is 2.20 bits per heavy atom. The summed E-state index contributed by atoms with van der Waals surface area (Å²) in [5.74, 6) is 0. The maximum atomic E-state index is 10.1. The average molecular weight is 179 g/mol. The zero-order chi connectivity index (χ0) is 7.98. The Hall–Kier alpha value is -0.270. The summed E-state index contributed by atoms with van der Waals surface area (Å²) in [6, 6.07) is 0. The van der Waals surface area contributed by atoms with E-state index in [9.17, 15) is 4.79 Å². The zero-order valence-corrected chi connectivity index (χ0v) is 7.06. The van der Waals surface area contributed by atoms with Gasteiger partial charge in [-0.3, -0.25) is 4.79 Å². The van der Waals surface area contributed by atoms with E-state index in [0.29, 0.717) is 11.9 Å². The summed E-state index contributed by atoms with van der Waals surface area (Å²) in [5, 5.41) is -0.0773. The molecule has 0 aromatic heterocycles. The van der Waals surface area contributed by atoms with Crippen molar-refractivity contribution >= 4 is 29.5 Å². The summed E-state index contributed by atoms with van der Waals surface area (Å²) in [6.07, 6.45) is 3.94. The van der Waals surface area contributed by atoms with E-state index in [1.807, 2.05) is 0 Å². The lowest BCUT2D eigenvalue weighted by molar-refractivity contribution is -0.104. The molecule has 0 aromatic rings. The summed E-state index contributed by atoms with van der Waals surface area (Å²) < 4.78 is 0. The standard InChI is InChI=1S/C7H8Cl2O/c1-6(9)2-3-7(4-8)5-10/h2-6H,1H3/b3-2+,7-4-. The van der Waals surface area contributed by atoms with Crippen LogP contribution in [0, 0.1) is 0 Å². The highest BCUT2D eigenvalue weighted by Crippen LogP contribution is 2.00. The van der Waals surface area contributed by atoms with E-state index in [2.05, 4.69) is 0 Å². The van der Waals surface area contributed by atoms with Crippen LogP contribution >= 0.6 is 23.2 Å². The normalized spacial score (nSPS) is 15.7. The van der Waals surface area contributed by atoms with Crippen LogP contribution in [0.15, 0.2) is 23.3 Å². The van der Waals surface area contributed by atoms with Gasteiger partial charge in [0.25, 0.3) is 0 Å². The third-order valence-electron chi connectivity index (χ3n) is 0.816. The van der Waals surface area contributed by atoms with E-state index in [0.717, 1.165) is 0 Å². The second kappa shape index (κ2) is 5.51. The molecular weight excluding hydrogens is 171 g/mol. The quantitative estimate of drug-likeness (QED) is 0.281. The van der Waals surface area contributed by atoms with Gasteiger partial charge in [-0.2, -0.15) is 0 Å². The number of alkyl halides is 1. The van der Waals surface area contributed by atoms with Gasteiger partial charge in [0.05, 0.1) is 0 Å². The molecule has 1 nitrogen and oxygen atoms in total. The van der Waals surface area contributed by atoms with Gasteiger partial charge in [0, 0.05) is 16.5 Å². The topological polar surface area (TPSA) is 17.1 Å². The second-order valence-corrected chi connectivity index (χ2v) is 2.67. The van der Waals surface area contributed by atoms with Crippen LogP contribution < -0.4 is 0 Å². The van der Waals surface area contributed by atoms with Crippen LogP contribution in [0.1, 0.15) is 6.92 Å². The molecule has 1 unspecified atom stereocenters. The van der Waals surface area contributed by atoms with Crippen LogP contribution in [-0.4, -0.2) is 11.7 Å². The van der Waals surface area contributed by atoms with Crippen molar-refractivity contribution in [2.24, 2.45) is 0 Å². The lowest BCUT2D eigenvalue weighted by atomic mass is 10.3. The van der Waals surface area contributed by atoms with Gasteiger partial charge in [-0.1, -0.05) is 23.8 Å². The highest BCUT2D eigenvalue weighted by molar-refractivity contribution is 6.27. The lowest BCUT2D eigenvalue weighted by Crippen LogP contribution is -1.83. The first kappa shape index (κ1) is 9.73. The van der Waals surface area contributed by atoms with Crippen LogP contribution in [0.2, 0.25) is 0 Å². The molecule has 0 aliphatic heterocycles. The van der Waals surface area contributed by atoms with Gasteiger partial charge in [-0.15, -0.1) is 11.6 Å². The smallest absolute Gasteiger partial charge is 0.150 e. The summed E-state index contributed by atoms with van der Waals surface area (Å²) in [4.78, 5) is 10.1. The molecule has 0 N–H and O–H groups in total. The van der Waals surface area contributed by atoms with Gasteiger partial charge in [-0.25, -0.2) is 0 Å². The van der Waals surface area contributed by atoms with Gasteiger partial charge in [0.1, 0.15) is 0 Å². The van der Waals surface area contributed by atoms with Crippen molar-refractivity contribution in [3.8, 4) is 0 Å². The zero-order valence-electron chi connectivity index (χ0n) is 5.55. The third kappa shape index (κ3) is 4.59. The average Bonchev–Trinajstić information content (AvgIpc) is 1.90. The molecule has 0 saturated heterocycles. The Labute approximate surface area is 70.3 Å². The van der Waals surface area contributed by atoms with Crippen LogP contribution in [0.5, 0.6) is 0 Å². The molecular formula is C7H8Cl2O. The van der Waals surface area contributed by atoms with E-state index in [1.165, 1.54) is 5.54 Å². The molecule has 0 heterocycles. The van der Waals surface area contributed by atoms with Gasteiger partial charge >= 0.3 is 0 Å². The van der Waals surface area contributed by atoms with Crippen molar-refractivity contribution < 1.29 is 4.79 Å². The number of carbonyl (C=O) groups is 1. The maximum absolute atomic E-state index is 10.1. The van der Waals surface area contributed by atoms with Crippen LogP contribution in [-0.2, 0) is 4.79 Å². The van der Waals surface area contributed by atoms with Gasteiger partial charge in [0.15, 0.2) is 6.29 Å². The second-order valence-electron chi connectivity index (χ2n) is 1.76. The predicted octanol–water partition coefficient (Wildman–Crippen LogP) is 2.49. The van der Waals surface area contributed by atoms with Gasteiger partial charge in [0.2, 0.25) is 0 Å². The summed E-state index contributed by atoms with van der Waals surface area (Å²) >= 11 is 10.8. The molecule has 10 heavy (non-hydrogen) atoms. The highest BCUT2D eigenvalue weighted by Gasteiger charge is 1.88. The molecule has 0 spiro atoms. The van der Waals surface area contributed by atoms with E-state index < -0.39 is 0 Å². The Morgan fingerprint density at radius 1 is 1.60 bits per heavy atom. The minimum atomic E-state index is -0.0773. The first-order chi connectivity index (χ1) is 4.70. The van der Waals surface area contributed by atoms with Crippen LogP contribution in [0.25, 0.3) is 0 Å². The number of hydrogen-bond acceptors (Lipinski definition) is 1. The van der Waals surface area contributed by atoms with Crippen molar-refractivity contribution in [1.82, 2.24) is 0 Å². The molecule has 0 fully saturated rings. The third-order valence-corrected chi connectivity index (χ3v) is 1.21. The van der Waals surface area contributed by atoms with Crippen molar-refractivity contribution in [3.63, 3.8) is 0 Å². The molecule has 0 aliphatic rings. The molecule has 1 atom stereocenters. The Balaban J connectivity index is 3.98. The van der Waals surface area contributed by atoms with Crippen molar-refractivity contribution in [2.75, 3.05) is 0 Å². The monoisotopic (exact) mass is 178 g/mol. The Kier molecular flexibility index (Phi) is 5.36. The van der Waals surface area contributed by atoms with E-state index in [1.54, 1.807) is 19.1 Å². The molecule has 0 aromatic carbocycles. The largest absolute Gasteiger partial charge is 0.298 e. The maximum Gasteiger partial charge on any atom is 0.150 e. The van der Waals surface area contributed by atoms with Crippen molar-refractivity contribution in [2.45, 2.75) is 12.3 Å². The number of rotatable bonds is 3. The molecule has 0 rings (SSSR count). The Bertz CT molecular complexity index is 159. The highest BCUT2D eigenvalue weighted by atomic mass is 35.5. The fourth-order valence-electron chi connectivity index (χ4n) is 0.345. The fourth-order valence-corrected chi connectivity index (χ4v) is 0.542. The molecule has 0 aliphatic carbocycles. The molecule has 0 saturated carbocycles. The molecule has 56 valence electrons. The number of allylic oxidation sites excluding steroid dienone is 3. The molecule has 0 amide bonds. The van der Waals surface area contributed by atoms with E-state index in [4.69, 9.17) is 23.2 Å². The first-order valence-corrected chi connectivity index (χ1v) is 3.66. The van der Waals surface area contributed by atoms with Gasteiger partial charge in [-0.05, 0) is 6.92 Å². The Morgan fingerprint density at radius 3 is 2.50 bits per heavy atom. The molecule has 0 radical (unpaired) electrons. The number of halogens is 2. The van der Waals surface area contributed by atoms with Crippen molar-refractivity contribution in [1.29, 1.82) is 0 Å². The molecule has 3 heteroatoms. The van der Waals surface area contributed by atoms with Crippen molar-refractivity contribution in [3.05, 3.63) is 23.3 Å². The number of carbonyl (C=O) groups excluding carboxylic acids is 1. The van der Waals surface area contributed by atoms with E-state index >= 15 is 0 Å². The minimum Gasteiger partial charge on any atom is -0.298 e. The number of hydrogen-bond donors (Lipinski definition) is 0. The minimum absolute atomic E-state index is 0.0773. The van der Waals surface area contributed by atoms with Crippen LogP contribution in [0.4, 0.5) is 0 Å². The predicted molar refractivity (Wildman–Crippen MR) is 44.5 cm³/mol. The summed E-state index contributed by atoms with van der Waals surface area (Å²) in [7, 11) is 0. The van der Waals surface area contributed by atoms with Gasteiger partial charge < -0.3 is 0 Å². The summed E-state index contributed by atoms with van der Waals surface area (Å²) in [5.41, 5.74) is 1.64. The fraction of sp³-hybridized carbons (Fsp3) is 0.286. The summed E-state index contributed by atoms with van der Waals surface area (Å²) in [6.45, 7) is 1.80. The number of aldehydes is 1. The SMILES string of the molecule is CC(Cl)/C=C/C(C=O)=C/Cl. The van der Waals surface area contributed by atoms with Crippen LogP contribution in [0.3, 0.4) is 0 Å². The first-order valence-electron chi connectivity index (χ1n) is 2.78.